The number of hydrogen-bond acceptors (Lipinski definition) is 5. The number of rotatable bonds is 5. The van der Waals surface area contributed by atoms with E-state index >= 15 is 0 Å². The molecular weight excluding hydrogens is 448 g/mol. The largest absolute Gasteiger partial charge is 0.312 e. The Morgan fingerprint density at radius 1 is 0.853 bits per heavy atom. The fourth-order valence-corrected chi connectivity index (χ4v) is 5.10. The Balaban J connectivity index is 1.49. The summed E-state index contributed by atoms with van der Waals surface area (Å²) in [5.41, 5.74) is 3.86. The van der Waals surface area contributed by atoms with Gasteiger partial charge in [-0.25, -0.2) is 4.68 Å². The third-order valence-electron chi connectivity index (χ3n) is 6.46. The molecule has 34 heavy (non-hydrogen) atoms. The fourth-order valence-electron chi connectivity index (χ4n) is 4.69. The highest BCUT2D eigenvalue weighted by molar-refractivity contribution is 7.98. The van der Waals surface area contributed by atoms with E-state index in [-0.39, 0.29) is 17.6 Å². The smallest absolute Gasteiger partial charge is 0.277 e. The zero-order valence-corrected chi connectivity index (χ0v) is 20.1. The average molecular weight is 475 g/mol. The first-order valence-electron chi connectivity index (χ1n) is 11.5. The van der Waals surface area contributed by atoms with E-state index in [4.69, 9.17) is 0 Å². The van der Waals surface area contributed by atoms with Gasteiger partial charge in [0.15, 0.2) is 5.78 Å². The van der Waals surface area contributed by atoms with Crippen LogP contribution in [0.4, 0.5) is 11.4 Å². The number of fused-ring (bicyclic) bond motifs is 1. The SMILES string of the molecule is CSc1ccc(-n2nc(C(C)=O)c3c2C(=O)N(c2ccc(N4CCCCC4=O)cc2)CC3)cc1. The maximum absolute atomic E-state index is 13.7. The van der Waals surface area contributed by atoms with Crippen molar-refractivity contribution >= 4 is 40.7 Å². The summed E-state index contributed by atoms with van der Waals surface area (Å²) >= 11 is 1.64. The van der Waals surface area contributed by atoms with Crippen LogP contribution in [0.25, 0.3) is 5.69 Å². The Morgan fingerprint density at radius 3 is 2.12 bits per heavy atom. The van der Waals surface area contributed by atoms with Gasteiger partial charge in [0, 0.05) is 48.3 Å². The predicted octanol–water partition coefficient (Wildman–Crippen LogP) is 4.52. The first kappa shape index (κ1) is 22.4. The van der Waals surface area contributed by atoms with Crippen molar-refractivity contribution < 1.29 is 14.4 Å². The summed E-state index contributed by atoms with van der Waals surface area (Å²) in [5.74, 6) is -0.185. The molecule has 2 aliphatic rings. The lowest BCUT2D eigenvalue weighted by Gasteiger charge is -2.29. The molecule has 2 amide bonds. The summed E-state index contributed by atoms with van der Waals surface area (Å²) in [6.07, 6.45) is 5.07. The highest BCUT2D eigenvalue weighted by atomic mass is 32.2. The van der Waals surface area contributed by atoms with Crippen LogP contribution in [0.3, 0.4) is 0 Å². The predicted molar refractivity (Wildman–Crippen MR) is 133 cm³/mol. The molecule has 0 unspecified atom stereocenters. The van der Waals surface area contributed by atoms with Crippen molar-refractivity contribution in [1.82, 2.24) is 9.78 Å². The van der Waals surface area contributed by atoms with E-state index < -0.39 is 0 Å². The number of piperidine rings is 1. The van der Waals surface area contributed by atoms with Crippen molar-refractivity contribution in [3.8, 4) is 5.69 Å². The molecule has 5 rings (SSSR count). The van der Waals surface area contributed by atoms with Crippen molar-refractivity contribution in [2.45, 2.75) is 37.5 Å². The van der Waals surface area contributed by atoms with E-state index in [0.717, 1.165) is 41.3 Å². The van der Waals surface area contributed by atoms with E-state index in [1.807, 2.05) is 59.7 Å². The Labute approximate surface area is 202 Å². The third-order valence-corrected chi connectivity index (χ3v) is 7.21. The maximum atomic E-state index is 13.7. The Kier molecular flexibility index (Phi) is 6.00. The van der Waals surface area contributed by atoms with Gasteiger partial charge >= 0.3 is 0 Å². The average Bonchev–Trinajstić information content (AvgIpc) is 3.26. The molecule has 3 aromatic rings. The minimum atomic E-state index is -0.183. The molecule has 1 saturated heterocycles. The number of aromatic nitrogens is 2. The molecule has 0 saturated carbocycles. The van der Waals surface area contributed by atoms with Crippen LogP contribution in [-0.2, 0) is 11.2 Å². The number of amides is 2. The number of benzene rings is 2. The van der Waals surface area contributed by atoms with E-state index in [0.29, 0.717) is 36.3 Å². The zero-order chi connectivity index (χ0) is 23.8. The number of carbonyl (C=O) groups is 3. The molecule has 0 radical (unpaired) electrons. The lowest BCUT2D eigenvalue weighted by atomic mass is 10.0. The van der Waals surface area contributed by atoms with Crippen LogP contribution >= 0.6 is 11.8 Å². The first-order chi connectivity index (χ1) is 16.5. The van der Waals surface area contributed by atoms with Gasteiger partial charge in [-0.15, -0.1) is 11.8 Å². The number of hydrogen-bond donors (Lipinski definition) is 0. The molecule has 2 aliphatic heterocycles. The van der Waals surface area contributed by atoms with Gasteiger partial charge in [0.25, 0.3) is 5.91 Å². The molecule has 0 N–H and O–H groups in total. The summed E-state index contributed by atoms with van der Waals surface area (Å²) in [5, 5.41) is 4.55. The van der Waals surface area contributed by atoms with Crippen molar-refractivity contribution in [1.29, 1.82) is 0 Å². The van der Waals surface area contributed by atoms with Crippen LogP contribution < -0.4 is 9.80 Å². The van der Waals surface area contributed by atoms with Crippen LogP contribution in [0.2, 0.25) is 0 Å². The maximum Gasteiger partial charge on any atom is 0.277 e. The highest BCUT2D eigenvalue weighted by Gasteiger charge is 2.34. The summed E-state index contributed by atoms with van der Waals surface area (Å²) in [6, 6.07) is 15.4. The zero-order valence-electron chi connectivity index (χ0n) is 19.3. The standard InChI is InChI=1S/C26H26N4O3S/c1-17(31)24-22-14-16-29(19-8-6-18(7-9-19)28-15-4-3-5-23(28)32)26(33)25(22)30(27-24)20-10-12-21(34-2)13-11-20/h6-13H,3-5,14-16H2,1-2H3. The molecule has 0 atom stereocenters. The van der Waals surface area contributed by atoms with E-state index in [1.165, 1.54) is 6.92 Å². The lowest BCUT2D eigenvalue weighted by Crippen LogP contribution is -2.39. The Bertz CT molecular complexity index is 1260. The van der Waals surface area contributed by atoms with Crippen molar-refractivity contribution in [3.63, 3.8) is 0 Å². The molecule has 0 aliphatic carbocycles. The van der Waals surface area contributed by atoms with Gasteiger partial charge in [0.1, 0.15) is 11.4 Å². The minimum absolute atomic E-state index is 0.144. The van der Waals surface area contributed by atoms with Gasteiger partial charge in [0.05, 0.1) is 5.69 Å². The summed E-state index contributed by atoms with van der Waals surface area (Å²) in [6.45, 7) is 2.68. The van der Waals surface area contributed by atoms with Gasteiger partial charge in [-0.3, -0.25) is 14.4 Å². The number of Topliss-reactive ketones (excluding diaryl/α,β-unsaturated/α-hetero) is 1. The van der Waals surface area contributed by atoms with Crippen molar-refractivity contribution in [3.05, 3.63) is 65.5 Å². The molecule has 174 valence electrons. The monoisotopic (exact) mass is 474 g/mol. The molecule has 8 heteroatoms. The van der Waals surface area contributed by atoms with Gasteiger partial charge in [-0.2, -0.15) is 5.10 Å². The molecule has 0 bridgehead atoms. The van der Waals surface area contributed by atoms with Gasteiger partial charge in [0.2, 0.25) is 5.91 Å². The van der Waals surface area contributed by atoms with Crippen LogP contribution in [0.15, 0.2) is 53.4 Å². The molecule has 1 aromatic heterocycles. The molecular formula is C26H26N4O3S. The normalized spacial score (nSPS) is 16.1. The molecule has 2 aromatic carbocycles. The van der Waals surface area contributed by atoms with E-state index in [1.54, 1.807) is 21.3 Å². The molecule has 0 spiro atoms. The summed E-state index contributed by atoms with van der Waals surface area (Å²) in [7, 11) is 0. The number of carbonyl (C=O) groups excluding carboxylic acids is 3. The minimum Gasteiger partial charge on any atom is -0.312 e. The number of ketones is 1. The molecule has 3 heterocycles. The molecule has 1 fully saturated rings. The first-order valence-corrected chi connectivity index (χ1v) is 12.7. The van der Waals surface area contributed by atoms with Crippen LogP contribution in [0.5, 0.6) is 0 Å². The van der Waals surface area contributed by atoms with Gasteiger partial charge in [-0.05, 0) is 74.0 Å². The van der Waals surface area contributed by atoms with Crippen LogP contribution in [0.1, 0.15) is 52.7 Å². The van der Waals surface area contributed by atoms with Crippen molar-refractivity contribution in [2.24, 2.45) is 0 Å². The number of anilines is 2. The van der Waals surface area contributed by atoms with Gasteiger partial charge < -0.3 is 9.80 Å². The quantitative estimate of drug-likeness (QED) is 0.402. The molecule has 7 nitrogen and oxygen atoms in total. The summed E-state index contributed by atoms with van der Waals surface area (Å²) in [4.78, 5) is 42.9. The van der Waals surface area contributed by atoms with E-state index in [2.05, 4.69) is 5.10 Å². The highest BCUT2D eigenvalue weighted by Crippen LogP contribution is 2.31. The third kappa shape index (κ3) is 3.92. The second-order valence-corrected chi connectivity index (χ2v) is 9.45. The lowest BCUT2D eigenvalue weighted by molar-refractivity contribution is -0.119. The Morgan fingerprint density at radius 2 is 1.50 bits per heavy atom. The fraction of sp³-hybridized carbons (Fsp3) is 0.308. The second-order valence-electron chi connectivity index (χ2n) is 8.57. The number of thioether (sulfide) groups is 1. The van der Waals surface area contributed by atoms with E-state index in [9.17, 15) is 14.4 Å². The topological polar surface area (TPSA) is 75.5 Å². The van der Waals surface area contributed by atoms with Gasteiger partial charge in [-0.1, -0.05) is 0 Å². The second kappa shape index (κ2) is 9.10. The van der Waals surface area contributed by atoms with Crippen LogP contribution in [0, 0.1) is 0 Å². The van der Waals surface area contributed by atoms with Crippen LogP contribution in [-0.4, -0.2) is 46.7 Å². The van der Waals surface area contributed by atoms with Crippen molar-refractivity contribution in [2.75, 3.05) is 29.1 Å². The Hall–Kier alpha value is -3.39. The summed E-state index contributed by atoms with van der Waals surface area (Å²) < 4.78 is 1.60. The number of nitrogens with zero attached hydrogens (tertiary/aromatic N) is 4.